The van der Waals surface area contributed by atoms with E-state index in [-0.39, 0.29) is 35.3 Å². The molecule has 0 spiro atoms. The fraction of sp³-hybridized carbons (Fsp3) is 0.909. The number of fused-ring (bicyclic) bond motifs is 5. The lowest BCUT2D eigenvalue weighted by Gasteiger charge is -2.61. The van der Waals surface area contributed by atoms with Gasteiger partial charge in [0, 0.05) is 6.42 Å². The third-order valence-electron chi connectivity index (χ3n) is 13.6. The first-order valence-corrected chi connectivity index (χ1v) is 21.0. The Kier molecular flexibility index (Phi) is 13.6. The maximum Gasteiger partial charge on any atom is 0.323 e. The van der Waals surface area contributed by atoms with Crippen molar-refractivity contribution in [2.45, 2.75) is 202 Å². The normalized spacial score (nSPS) is 32.8. The van der Waals surface area contributed by atoms with E-state index < -0.39 is 40.7 Å². The van der Waals surface area contributed by atoms with Crippen molar-refractivity contribution in [3.8, 4) is 0 Å². The van der Waals surface area contributed by atoms with E-state index in [2.05, 4.69) is 20.8 Å². The van der Waals surface area contributed by atoms with Gasteiger partial charge in [-0.05, 0) is 192 Å². The second-order valence-corrected chi connectivity index (χ2v) is 21.0. The second kappa shape index (κ2) is 16.5. The SMILES string of the molecule is C[C@H](CCC(C(=O)OC(C)(C)C)C(=O)OC(C)(C)C)C1CCC2C3CCC4C[C@H](OC(=O)[C@H](N)CCCC(=O)OC(C)(C)C)CC[C@]4(C)C3CC[C@@]21C. The van der Waals surface area contributed by atoms with Crippen LogP contribution in [-0.2, 0) is 38.1 Å². The standard InChI is InChI=1S/C44H75NO8/c1-27(16-18-31(37(47)52-41(5,6)7)38(48)53-42(8,9)10)32-20-21-33-30-19-17-28-26-29(22-24-43(28,11)34(30)23-25-44(32,33)12)50-39(49)35(45)14-13-15-36(46)51-40(2,3)4/h27-35H,13-26,45H2,1-12H3/t27-,28?,29-,30?,32?,33?,34?,35-,43+,44-/m1/s1. The molecular formula is C44H75NO8. The van der Waals surface area contributed by atoms with Crippen molar-refractivity contribution < 1.29 is 38.1 Å². The monoisotopic (exact) mass is 746 g/mol. The quantitative estimate of drug-likeness (QED) is 0.118. The molecule has 4 rings (SSSR count). The van der Waals surface area contributed by atoms with Gasteiger partial charge >= 0.3 is 23.9 Å². The van der Waals surface area contributed by atoms with Crippen molar-refractivity contribution in [3.63, 3.8) is 0 Å². The summed E-state index contributed by atoms with van der Waals surface area (Å²) in [5.74, 6) is 1.06. The first-order chi connectivity index (χ1) is 24.3. The van der Waals surface area contributed by atoms with Gasteiger partial charge in [0.05, 0.1) is 0 Å². The van der Waals surface area contributed by atoms with Gasteiger partial charge in [0.2, 0.25) is 0 Å². The van der Waals surface area contributed by atoms with Crippen molar-refractivity contribution in [1.82, 2.24) is 0 Å². The second-order valence-electron chi connectivity index (χ2n) is 21.0. The molecule has 4 aliphatic carbocycles. The molecule has 4 fully saturated rings. The summed E-state index contributed by atoms with van der Waals surface area (Å²) in [6.07, 6.45) is 12.5. The van der Waals surface area contributed by atoms with Gasteiger partial charge in [-0.3, -0.25) is 19.2 Å². The number of ether oxygens (including phenoxy) is 4. The van der Waals surface area contributed by atoms with E-state index in [0.29, 0.717) is 54.8 Å². The number of hydrogen-bond acceptors (Lipinski definition) is 9. The predicted octanol–water partition coefficient (Wildman–Crippen LogP) is 9.11. The van der Waals surface area contributed by atoms with Crippen LogP contribution in [-0.4, -0.2) is 52.8 Å². The first kappa shape index (κ1) is 43.6. The Balaban J connectivity index is 1.32. The smallest absolute Gasteiger partial charge is 0.323 e. The fourth-order valence-corrected chi connectivity index (χ4v) is 11.2. The van der Waals surface area contributed by atoms with Crippen molar-refractivity contribution in [3.05, 3.63) is 0 Å². The maximum atomic E-state index is 13.2. The summed E-state index contributed by atoms with van der Waals surface area (Å²) in [4.78, 5) is 51.5. The fourth-order valence-electron chi connectivity index (χ4n) is 11.2. The Morgan fingerprint density at radius 1 is 0.679 bits per heavy atom. The molecule has 10 atom stereocenters. The van der Waals surface area contributed by atoms with Crippen LogP contribution in [0.2, 0.25) is 0 Å². The zero-order chi connectivity index (χ0) is 39.7. The van der Waals surface area contributed by atoms with Crippen LogP contribution in [0.4, 0.5) is 0 Å². The minimum atomic E-state index is -0.916. The summed E-state index contributed by atoms with van der Waals surface area (Å²) in [7, 11) is 0. The third kappa shape index (κ3) is 11.0. The lowest BCUT2D eigenvalue weighted by molar-refractivity contribution is -0.175. The van der Waals surface area contributed by atoms with Gasteiger partial charge < -0.3 is 24.7 Å². The molecule has 4 aliphatic rings. The zero-order valence-electron chi connectivity index (χ0n) is 35.4. The van der Waals surface area contributed by atoms with E-state index in [1.165, 1.54) is 38.5 Å². The molecule has 0 aromatic carbocycles. The van der Waals surface area contributed by atoms with E-state index in [0.717, 1.165) is 25.7 Å². The van der Waals surface area contributed by atoms with Crippen LogP contribution >= 0.6 is 0 Å². The molecule has 5 unspecified atom stereocenters. The van der Waals surface area contributed by atoms with Crippen molar-refractivity contribution in [1.29, 1.82) is 0 Å². The number of hydrogen-bond donors (Lipinski definition) is 1. The van der Waals surface area contributed by atoms with Gasteiger partial charge in [-0.2, -0.15) is 0 Å². The van der Waals surface area contributed by atoms with Crippen molar-refractivity contribution in [2.75, 3.05) is 0 Å². The molecule has 4 saturated carbocycles. The summed E-state index contributed by atoms with van der Waals surface area (Å²) < 4.78 is 22.8. The Labute approximate surface area is 321 Å². The summed E-state index contributed by atoms with van der Waals surface area (Å²) in [5.41, 5.74) is 4.85. The summed E-state index contributed by atoms with van der Waals surface area (Å²) in [5, 5.41) is 0. The zero-order valence-corrected chi connectivity index (χ0v) is 35.4. The minimum Gasteiger partial charge on any atom is -0.461 e. The highest BCUT2D eigenvalue weighted by atomic mass is 16.6. The van der Waals surface area contributed by atoms with E-state index >= 15 is 0 Å². The lowest BCUT2D eigenvalue weighted by atomic mass is 9.44. The van der Waals surface area contributed by atoms with Gasteiger partial charge in [0.1, 0.15) is 28.9 Å². The highest BCUT2D eigenvalue weighted by Gasteiger charge is 2.61. The Bertz CT molecular complexity index is 1280. The number of esters is 4. The molecule has 9 heteroatoms. The van der Waals surface area contributed by atoms with Crippen LogP contribution in [0.1, 0.15) is 173 Å². The van der Waals surface area contributed by atoms with Crippen LogP contribution in [0.5, 0.6) is 0 Å². The largest absolute Gasteiger partial charge is 0.461 e. The number of rotatable bonds is 12. The highest BCUT2D eigenvalue weighted by molar-refractivity contribution is 5.95. The van der Waals surface area contributed by atoms with E-state index in [1.54, 1.807) is 0 Å². The molecular weight excluding hydrogens is 670 g/mol. The van der Waals surface area contributed by atoms with Crippen LogP contribution in [0.15, 0.2) is 0 Å². The lowest BCUT2D eigenvalue weighted by Crippen LogP contribution is -2.54. The molecule has 0 aromatic rings. The Morgan fingerprint density at radius 2 is 1.25 bits per heavy atom. The first-order valence-electron chi connectivity index (χ1n) is 21.0. The molecule has 0 saturated heterocycles. The van der Waals surface area contributed by atoms with E-state index in [9.17, 15) is 19.2 Å². The van der Waals surface area contributed by atoms with E-state index in [4.69, 9.17) is 24.7 Å². The number of carbonyl (C=O) groups excluding carboxylic acids is 4. The van der Waals surface area contributed by atoms with Gasteiger partial charge in [0.25, 0.3) is 0 Å². The highest BCUT2D eigenvalue weighted by Crippen LogP contribution is 2.68. The van der Waals surface area contributed by atoms with Gasteiger partial charge in [-0.1, -0.05) is 20.8 Å². The Hall–Kier alpha value is -2.16. The van der Waals surface area contributed by atoms with Gasteiger partial charge in [0.15, 0.2) is 5.92 Å². The van der Waals surface area contributed by atoms with Gasteiger partial charge in [-0.25, -0.2) is 0 Å². The van der Waals surface area contributed by atoms with Crippen LogP contribution in [0, 0.1) is 52.3 Å². The number of carbonyl (C=O) groups is 4. The molecule has 53 heavy (non-hydrogen) atoms. The summed E-state index contributed by atoms with van der Waals surface area (Å²) >= 11 is 0. The average molecular weight is 746 g/mol. The average Bonchev–Trinajstić information content (AvgIpc) is 3.35. The molecule has 9 nitrogen and oxygen atoms in total. The predicted molar refractivity (Wildman–Crippen MR) is 206 cm³/mol. The molecule has 304 valence electrons. The topological polar surface area (TPSA) is 131 Å². The van der Waals surface area contributed by atoms with Gasteiger partial charge in [-0.15, -0.1) is 0 Å². The van der Waals surface area contributed by atoms with Crippen LogP contribution < -0.4 is 5.73 Å². The van der Waals surface area contributed by atoms with Crippen LogP contribution in [0.25, 0.3) is 0 Å². The van der Waals surface area contributed by atoms with Crippen molar-refractivity contribution in [2.24, 2.45) is 58.0 Å². The number of nitrogens with two attached hydrogens (primary N) is 1. The molecule has 0 aliphatic heterocycles. The molecule has 0 bridgehead atoms. The van der Waals surface area contributed by atoms with Crippen LogP contribution in [0.3, 0.4) is 0 Å². The Morgan fingerprint density at radius 3 is 1.83 bits per heavy atom. The third-order valence-corrected chi connectivity index (χ3v) is 13.6. The molecule has 2 N–H and O–H groups in total. The summed E-state index contributed by atoms with van der Waals surface area (Å²) in [6.45, 7) is 23.9. The summed E-state index contributed by atoms with van der Waals surface area (Å²) in [6, 6.07) is -0.726. The molecule has 0 heterocycles. The molecule has 0 amide bonds. The van der Waals surface area contributed by atoms with Crippen molar-refractivity contribution >= 4 is 23.9 Å². The molecule has 0 aromatic heterocycles. The van der Waals surface area contributed by atoms with E-state index in [1.807, 2.05) is 62.3 Å². The minimum absolute atomic E-state index is 0.0928. The molecule has 0 radical (unpaired) electrons. The maximum absolute atomic E-state index is 13.2.